The summed E-state index contributed by atoms with van der Waals surface area (Å²) in [5.41, 5.74) is 12.5. The summed E-state index contributed by atoms with van der Waals surface area (Å²) >= 11 is 0. The predicted octanol–water partition coefficient (Wildman–Crippen LogP) is 9.02. The van der Waals surface area contributed by atoms with Gasteiger partial charge in [0, 0.05) is 46.9 Å². The van der Waals surface area contributed by atoms with E-state index in [-0.39, 0.29) is 0 Å². The lowest BCUT2D eigenvalue weighted by Crippen LogP contribution is -1.98. The Bertz CT molecular complexity index is 2080. The van der Waals surface area contributed by atoms with Gasteiger partial charge in [0.05, 0.1) is 33.1 Å². The summed E-state index contributed by atoms with van der Waals surface area (Å²) in [6, 6.07) is 31.9. The maximum absolute atomic E-state index is 4.73. The van der Waals surface area contributed by atoms with E-state index in [2.05, 4.69) is 100 Å². The molecule has 5 heterocycles. The molecule has 0 spiro atoms. The second-order valence-electron chi connectivity index (χ2n) is 10.4. The van der Waals surface area contributed by atoms with Crippen LogP contribution in [0.25, 0.3) is 78.5 Å². The van der Waals surface area contributed by atoms with Gasteiger partial charge < -0.3 is 9.13 Å². The molecule has 42 heavy (non-hydrogen) atoms. The summed E-state index contributed by atoms with van der Waals surface area (Å²) in [5, 5.41) is 2.15. The highest BCUT2D eigenvalue weighted by Crippen LogP contribution is 2.36. The number of fused-ring (bicyclic) bond motifs is 6. The zero-order chi connectivity index (χ0) is 28.2. The molecular formula is C37H25N5. The van der Waals surface area contributed by atoms with E-state index in [9.17, 15) is 0 Å². The smallest absolute Gasteiger partial charge is 0.0978 e. The third kappa shape index (κ3) is 3.61. The van der Waals surface area contributed by atoms with Gasteiger partial charge in [0.1, 0.15) is 0 Å². The number of benzene rings is 3. The van der Waals surface area contributed by atoms with Crippen molar-refractivity contribution in [1.82, 2.24) is 24.1 Å². The number of aromatic nitrogens is 5. The third-order valence-corrected chi connectivity index (χ3v) is 7.95. The van der Waals surface area contributed by atoms with E-state index in [4.69, 9.17) is 9.97 Å². The molecule has 5 nitrogen and oxygen atoms in total. The lowest BCUT2D eigenvalue weighted by molar-refractivity contribution is 1.16. The Hall–Kier alpha value is -5.81. The van der Waals surface area contributed by atoms with Crippen LogP contribution in [0.15, 0.2) is 129 Å². The van der Waals surface area contributed by atoms with Gasteiger partial charge in [-0.3, -0.25) is 15.0 Å². The first-order valence-electron chi connectivity index (χ1n) is 13.8. The van der Waals surface area contributed by atoms with Crippen LogP contribution < -0.4 is 0 Å². The Morgan fingerprint density at radius 1 is 0.524 bits per heavy atom. The van der Waals surface area contributed by atoms with Crippen LogP contribution in [0.2, 0.25) is 0 Å². The molecule has 0 amide bonds. The van der Waals surface area contributed by atoms with Gasteiger partial charge in [-0.15, -0.1) is 0 Å². The van der Waals surface area contributed by atoms with E-state index >= 15 is 0 Å². The van der Waals surface area contributed by atoms with Gasteiger partial charge in [0.25, 0.3) is 0 Å². The van der Waals surface area contributed by atoms with Crippen LogP contribution in [-0.4, -0.2) is 24.1 Å². The first-order valence-corrected chi connectivity index (χ1v) is 13.8. The van der Waals surface area contributed by atoms with Crippen molar-refractivity contribution in [1.29, 1.82) is 0 Å². The van der Waals surface area contributed by atoms with Gasteiger partial charge >= 0.3 is 0 Å². The first-order chi connectivity index (χ1) is 20.7. The number of nitrogens with zero attached hydrogens (tertiary/aromatic N) is 5. The second-order valence-corrected chi connectivity index (χ2v) is 10.4. The maximum Gasteiger partial charge on any atom is 0.0978 e. The average molecular weight is 540 g/mol. The van der Waals surface area contributed by atoms with Crippen molar-refractivity contribution in [3.8, 4) is 22.5 Å². The first kappa shape index (κ1) is 24.0. The highest BCUT2D eigenvalue weighted by atomic mass is 15.0. The minimum Gasteiger partial charge on any atom is -0.308 e. The van der Waals surface area contributed by atoms with Gasteiger partial charge in [-0.1, -0.05) is 43.5 Å². The molecule has 0 atom stereocenters. The fourth-order valence-electron chi connectivity index (χ4n) is 6.12. The van der Waals surface area contributed by atoms with Gasteiger partial charge in [0.2, 0.25) is 0 Å². The summed E-state index contributed by atoms with van der Waals surface area (Å²) in [5.74, 6) is 0. The number of para-hydroxylation sites is 1. The van der Waals surface area contributed by atoms with E-state index in [1.165, 1.54) is 0 Å². The minimum absolute atomic E-state index is 0.932. The van der Waals surface area contributed by atoms with Gasteiger partial charge in [-0.25, -0.2) is 0 Å². The molecule has 0 radical (unpaired) electrons. The molecule has 8 rings (SSSR count). The number of rotatable bonds is 5. The van der Waals surface area contributed by atoms with E-state index < -0.39 is 0 Å². The third-order valence-electron chi connectivity index (χ3n) is 7.95. The van der Waals surface area contributed by atoms with Crippen molar-refractivity contribution in [3.63, 3.8) is 0 Å². The molecule has 0 unspecified atom stereocenters. The average Bonchev–Trinajstić information content (AvgIpc) is 3.57. The van der Waals surface area contributed by atoms with Crippen LogP contribution in [0.1, 0.15) is 11.1 Å². The molecule has 0 aliphatic carbocycles. The lowest BCUT2D eigenvalue weighted by atomic mass is 9.98. The molecule has 3 aromatic carbocycles. The number of hydrogen-bond acceptors (Lipinski definition) is 3. The summed E-state index contributed by atoms with van der Waals surface area (Å²) in [6.07, 6.45) is 11.2. The van der Waals surface area contributed by atoms with Crippen molar-refractivity contribution in [2.24, 2.45) is 0 Å². The molecule has 5 heteroatoms. The molecule has 0 N–H and O–H groups in total. The normalized spacial score (nSPS) is 11.5. The quantitative estimate of drug-likeness (QED) is 0.219. The predicted molar refractivity (Wildman–Crippen MR) is 174 cm³/mol. The van der Waals surface area contributed by atoms with Crippen LogP contribution >= 0.6 is 0 Å². The summed E-state index contributed by atoms with van der Waals surface area (Å²) in [4.78, 5) is 13.8. The Morgan fingerprint density at radius 3 is 1.69 bits per heavy atom. The fraction of sp³-hybridized carbons (Fsp3) is 0. The topological polar surface area (TPSA) is 48.5 Å². The molecule has 8 aromatic rings. The zero-order valence-electron chi connectivity index (χ0n) is 22.8. The maximum atomic E-state index is 4.73. The molecule has 0 aliphatic heterocycles. The highest BCUT2D eigenvalue weighted by Gasteiger charge is 2.16. The van der Waals surface area contributed by atoms with Crippen LogP contribution in [0.4, 0.5) is 0 Å². The van der Waals surface area contributed by atoms with Crippen molar-refractivity contribution in [3.05, 3.63) is 140 Å². The fourth-order valence-corrected chi connectivity index (χ4v) is 6.12. The summed E-state index contributed by atoms with van der Waals surface area (Å²) in [6.45, 7) is 8.23. The summed E-state index contributed by atoms with van der Waals surface area (Å²) < 4.78 is 4.55. The molecule has 5 aromatic heterocycles. The zero-order valence-corrected chi connectivity index (χ0v) is 22.8. The van der Waals surface area contributed by atoms with Crippen molar-refractivity contribution >= 4 is 56.0 Å². The Kier molecular flexibility index (Phi) is 5.37. The molecule has 0 bridgehead atoms. The SMILES string of the molecule is C=Cc1cc(-c2cc(C=C)cc(-n3c4ccncc4c4ncccc43)c2)cc(-n2c3ccccc3c3ncccc32)c1. The van der Waals surface area contributed by atoms with E-state index in [0.29, 0.717) is 0 Å². The number of hydrogen-bond donors (Lipinski definition) is 0. The van der Waals surface area contributed by atoms with Gasteiger partial charge in [-0.2, -0.15) is 0 Å². The van der Waals surface area contributed by atoms with Crippen LogP contribution in [0.3, 0.4) is 0 Å². The van der Waals surface area contributed by atoms with E-state index in [1.807, 2.05) is 55.1 Å². The standard InChI is InChI=1S/C37H25N5/c1-3-24-17-26(21-28(19-24)41-32-10-6-5-9-30(32)36-34(41)11-7-14-39-36)27-18-25(4-2)20-29(22-27)42-33-13-16-38-23-31(33)37-35(42)12-8-15-40-37/h3-23H,1-2H2. The largest absolute Gasteiger partial charge is 0.308 e. The van der Waals surface area contributed by atoms with Crippen molar-refractivity contribution in [2.75, 3.05) is 0 Å². The van der Waals surface area contributed by atoms with Gasteiger partial charge in [0.15, 0.2) is 0 Å². The van der Waals surface area contributed by atoms with E-state index in [0.717, 1.165) is 77.5 Å². The molecule has 0 aliphatic rings. The Balaban J connectivity index is 1.39. The Morgan fingerprint density at radius 2 is 1.07 bits per heavy atom. The van der Waals surface area contributed by atoms with Crippen molar-refractivity contribution < 1.29 is 0 Å². The molecule has 198 valence electrons. The minimum atomic E-state index is 0.932. The van der Waals surface area contributed by atoms with Gasteiger partial charge in [-0.05, 0) is 95.1 Å². The van der Waals surface area contributed by atoms with Crippen LogP contribution in [0.5, 0.6) is 0 Å². The molecule has 0 saturated heterocycles. The van der Waals surface area contributed by atoms with Crippen LogP contribution in [-0.2, 0) is 0 Å². The summed E-state index contributed by atoms with van der Waals surface area (Å²) in [7, 11) is 0. The monoisotopic (exact) mass is 539 g/mol. The second kappa shape index (κ2) is 9.39. The molecule has 0 fully saturated rings. The number of pyridine rings is 3. The highest BCUT2D eigenvalue weighted by molar-refractivity contribution is 6.08. The van der Waals surface area contributed by atoms with E-state index in [1.54, 1.807) is 0 Å². The lowest BCUT2D eigenvalue weighted by Gasteiger charge is -2.15. The Labute approximate surface area is 242 Å². The van der Waals surface area contributed by atoms with Crippen molar-refractivity contribution in [2.45, 2.75) is 0 Å². The van der Waals surface area contributed by atoms with Crippen LogP contribution in [0, 0.1) is 0 Å². The molecular weight excluding hydrogens is 514 g/mol. The molecule has 0 saturated carbocycles.